The Morgan fingerprint density at radius 2 is 1.77 bits per heavy atom. The van der Waals surface area contributed by atoms with Gasteiger partial charge in [0.2, 0.25) is 0 Å². The lowest BCUT2D eigenvalue weighted by Gasteiger charge is -2.19. The Labute approximate surface area is 148 Å². The number of fused-ring (bicyclic) bond motifs is 1. The first-order chi connectivity index (χ1) is 12.1. The van der Waals surface area contributed by atoms with E-state index in [0.29, 0.717) is 22.2 Å². The first-order valence-corrected chi connectivity index (χ1v) is 7.93. The molecule has 3 rings (SSSR count). The van der Waals surface area contributed by atoms with Gasteiger partial charge in [-0.2, -0.15) is 13.2 Å². The number of hydrogen-bond acceptors (Lipinski definition) is 3. The molecule has 7 heteroatoms. The van der Waals surface area contributed by atoms with Crippen molar-refractivity contribution in [2.24, 2.45) is 0 Å². The molecule has 136 valence electrons. The Kier molecular flexibility index (Phi) is 4.26. The number of nitrogens with zero attached hydrogens (tertiary/aromatic N) is 2. The number of carbonyl (C=O) groups is 1. The van der Waals surface area contributed by atoms with Gasteiger partial charge < -0.3 is 4.74 Å². The van der Waals surface area contributed by atoms with Gasteiger partial charge in [-0.3, -0.25) is 9.55 Å². The van der Waals surface area contributed by atoms with Crippen molar-refractivity contribution in [3.05, 3.63) is 54.4 Å². The molecule has 0 amide bonds. The Bertz CT molecular complexity index is 952. The molecule has 26 heavy (non-hydrogen) atoms. The zero-order valence-corrected chi connectivity index (χ0v) is 14.5. The number of para-hydroxylation sites is 1. The Morgan fingerprint density at radius 3 is 2.35 bits per heavy atom. The zero-order chi connectivity index (χ0) is 19.1. The molecule has 0 bridgehead atoms. The number of hydrogen-bond donors (Lipinski definition) is 0. The number of aromatic nitrogens is 2. The highest BCUT2D eigenvalue weighted by atomic mass is 19.4. The fourth-order valence-electron chi connectivity index (χ4n) is 2.57. The van der Waals surface area contributed by atoms with E-state index >= 15 is 0 Å². The first kappa shape index (κ1) is 18.0. The molecular weight excluding hydrogens is 345 g/mol. The average Bonchev–Trinajstić information content (AvgIpc) is 2.92. The number of ether oxygens (including phenoxy) is 1. The summed E-state index contributed by atoms with van der Waals surface area (Å²) >= 11 is 0. The highest BCUT2D eigenvalue weighted by Gasteiger charge is 2.31. The van der Waals surface area contributed by atoms with Crippen LogP contribution < -0.4 is 0 Å². The molecule has 0 aliphatic heterocycles. The van der Waals surface area contributed by atoms with Crippen molar-refractivity contribution in [3.63, 3.8) is 0 Å². The van der Waals surface area contributed by atoms with Crippen molar-refractivity contribution in [3.8, 4) is 11.3 Å². The lowest BCUT2D eigenvalue weighted by molar-refractivity contribution is -0.137. The van der Waals surface area contributed by atoms with Gasteiger partial charge >= 0.3 is 12.3 Å². The summed E-state index contributed by atoms with van der Waals surface area (Å²) in [6.07, 6.45) is -2.69. The topological polar surface area (TPSA) is 44.1 Å². The van der Waals surface area contributed by atoms with E-state index in [4.69, 9.17) is 4.74 Å². The standard InChI is InChI=1S/C19H17F3N2O2/c1-18(2,3)26-17(25)24-11-14(13-6-4-5-7-16(13)24)15-9-8-12(10-23-15)19(20,21)22/h4-11H,1-3H3. The van der Waals surface area contributed by atoms with Gasteiger partial charge in [0, 0.05) is 23.3 Å². The molecule has 4 nitrogen and oxygen atoms in total. The molecule has 0 fully saturated rings. The second-order valence-electron chi connectivity index (χ2n) is 6.84. The maximum Gasteiger partial charge on any atom is 0.419 e. The van der Waals surface area contributed by atoms with Crippen molar-refractivity contribution in [1.29, 1.82) is 0 Å². The van der Waals surface area contributed by atoms with Crippen molar-refractivity contribution in [2.45, 2.75) is 32.5 Å². The van der Waals surface area contributed by atoms with Gasteiger partial charge in [0.25, 0.3) is 0 Å². The van der Waals surface area contributed by atoms with E-state index in [9.17, 15) is 18.0 Å². The molecule has 0 radical (unpaired) electrons. The molecule has 0 saturated heterocycles. The zero-order valence-electron chi connectivity index (χ0n) is 14.5. The van der Waals surface area contributed by atoms with Crippen LogP contribution in [-0.4, -0.2) is 21.2 Å². The van der Waals surface area contributed by atoms with Crippen LogP contribution in [0.3, 0.4) is 0 Å². The molecule has 0 saturated carbocycles. The highest BCUT2D eigenvalue weighted by Crippen LogP contribution is 2.33. The molecule has 0 spiro atoms. The van der Waals surface area contributed by atoms with E-state index in [1.165, 1.54) is 16.8 Å². The summed E-state index contributed by atoms with van der Waals surface area (Å²) in [7, 11) is 0. The minimum Gasteiger partial charge on any atom is -0.443 e. The van der Waals surface area contributed by atoms with Crippen molar-refractivity contribution >= 4 is 17.0 Å². The maximum absolute atomic E-state index is 12.7. The van der Waals surface area contributed by atoms with E-state index in [1.54, 1.807) is 45.0 Å². The lowest BCUT2D eigenvalue weighted by Crippen LogP contribution is -2.26. The second-order valence-corrected chi connectivity index (χ2v) is 6.84. The minimum atomic E-state index is -4.45. The van der Waals surface area contributed by atoms with Crippen LogP contribution in [0.25, 0.3) is 22.2 Å². The monoisotopic (exact) mass is 362 g/mol. The fourth-order valence-corrected chi connectivity index (χ4v) is 2.57. The van der Waals surface area contributed by atoms with Crippen LogP contribution in [0, 0.1) is 0 Å². The van der Waals surface area contributed by atoms with Crippen molar-refractivity contribution in [1.82, 2.24) is 9.55 Å². The normalized spacial score (nSPS) is 12.4. The van der Waals surface area contributed by atoms with Crippen LogP contribution in [-0.2, 0) is 10.9 Å². The summed E-state index contributed by atoms with van der Waals surface area (Å²) in [6.45, 7) is 5.28. The molecule has 0 aliphatic carbocycles. The smallest absolute Gasteiger partial charge is 0.419 e. The third kappa shape index (κ3) is 3.56. The van der Waals surface area contributed by atoms with E-state index in [0.717, 1.165) is 12.3 Å². The predicted octanol–water partition coefficient (Wildman–Crippen LogP) is 5.51. The van der Waals surface area contributed by atoms with E-state index < -0.39 is 23.4 Å². The van der Waals surface area contributed by atoms with E-state index in [-0.39, 0.29) is 0 Å². The van der Waals surface area contributed by atoms with Crippen LogP contribution in [0.15, 0.2) is 48.8 Å². The highest BCUT2D eigenvalue weighted by molar-refractivity contribution is 5.99. The third-order valence-electron chi connectivity index (χ3n) is 3.67. The van der Waals surface area contributed by atoms with Crippen LogP contribution >= 0.6 is 0 Å². The third-order valence-corrected chi connectivity index (χ3v) is 3.67. The molecular formula is C19H17F3N2O2. The Morgan fingerprint density at radius 1 is 1.08 bits per heavy atom. The number of halogens is 3. The average molecular weight is 362 g/mol. The summed E-state index contributed by atoms with van der Waals surface area (Å²) in [6, 6.07) is 9.35. The molecule has 3 aromatic rings. The predicted molar refractivity (Wildman–Crippen MR) is 91.8 cm³/mol. The fraction of sp³-hybridized carbons (Fsp3) is 0.263. The Balaban J connectivity index is 2.09. The summed E-state index contributed by atoms with van der Waals surface area (Å²) in [5, 5.41) is 0.700. The molecule has 0 atom stereocenters. The quantitative estimate of drug-likeness (QED) is 0.574. The molecule has 1 aromatic carbocycles. The van der Waals surface area contributed by atoms with Gasteiger partial charge in [-0.1, -0.05) is 18.2 Å². The van der Waals surface area contributed by atoms with Gasteiger partial charge in [-0.05, 0) is 39.0 Å². The van der Waals surface area contributed by atoms with Crippen molar-refractivity contribution in [2.75, 3.05) is 0 Å². The van der Waals surface area contributed by atoms with E-state index in [1.807, 2.05) is 0 Å². The van der Waals surface area contributed by atoms with Crippen LogP contribution in [0.2, 0.25) is 0 Å². The summed E-state index contributed by atoms with van der Waals surface area (Å²) < 4.78 is 45.0. The Hall–Kier alpha value is -2.83. The maximum atomic E-state index is 12.7. The first-order valence-electron chi connectivity index (χ1n) is 7.93. The number of alkyl halides is 3. The van der Waals surface area contributed by atoms with Gasteiger partial charge in [0.05, 0.1) is 16.8 Å². The lowest BCUT2D eigenvalue weighted by atomic mass is 10.1. The van der Waals surface area contributed by atoms with Crippen molar-refractivity contribution < 1.29 is 22.7 Å². The van der Waals surface area contributed by atoms with Crippen LogP contribution in [0.4, 0.5) is 18.0 Å². The molecule has 2 aromatic heterocycles. The number of carbonyl (C=O) groups excluding carboxylic acids is 1. The molecule has 0 aliphatic rings. The minimum absolute atomic E-state index is 0.344. The molecule has 0 N–H and O–H groups in total. The summed E-state index contributed by atoms with van der Waals surface area (Å²) in [5.74, 6) is 0. The summed E-state index contributed by atoms with van der Waals surface area (Å²) in [4.78, 5) is 16.4. The van der Waals surface area contributed by atoms with Gasteiger partial charge in [-0.15, -0.1) is 0 Å². The van der Waals surface area contributed by atoms with Crippen LogP contribution in [0.5, 0.6) is 0 Å². The molecule has 2 heterocycles. The van der Waals surface area contributed by atoms with Gasteiger partial charge in [-0.25, -0.2) is 4.79 Å². The summed E-state index contributed by atoms with van der Waals surface area (Å²) in [5.41, 5.74) is 0.00200. The number of benzene rings is 1. The van der Waals surface area contributed by atoms with Gasteiger partial charge in [0.15, 0.2) is 0 Å². The number of pyridine rings is 1. The van der Waals surface area contributed by atoms with Crippen LogP contribution in [0.1, 0.15) is 26.3 Å². The molecule has 0 unspecified atom stereocenters. The largest absolute Gasteiger partial charge is 0.443 e. The number of rotatable bonds is 1. The SMILES string of the molecule is CC(C)(C)OC(=O)n1cc(-c2ccc(C(F)(F)F)cn2)c2ccccc21. The van der Waals surface area contributed by atoms with Gasteiger partial charge in [0.1, 0.15) is 5.60 Å². The second kappa shape index (κ2) is 6.16. The van der Waals surface area contributed by atoms with E-state index in [2.05, 4.69) is 4.98 Å².